The quantitative estimate of drug-likeness (QED) is 0.782. The molecule has 0 aliphatic heterocycles. The predicted octanol–water partition coefficient (Wildman–Crippen LogP) is 3.48. The van der Waals surface area contributed by atoms with E-state index in [4.69, 9.17) is 0 Å². The van der Waals surface area contributed by atoms with Gasteiger partial charge in [-0.05, 0) is 23.5 Å². The monoisotopic (exact) mass is 266 g/mol. The maximum absolute atomic E-state index is 11.8. The van der Waals surface area contributed by atoms with E-state index >= 15 is 0 Å². The van der Waals surface area contributed by atoms with Gasteiger partial charge in [0.1, 0.15) is 0 Å². The highest BCUT2D eigenvalue weighted by atomic mass is 32.2. The van der Waals surface area contributed by atoms with Crippen molar-refractivity contribution < 1.29 is 8.42 Å². The lowest BCUT2D eigenvalue weighted by molar-refractivity contribution is 0.590. The number of benzene rings is 1. The molecule has 0 N–H and O–H groups in total. The summed E-state index contributed by atoms with van der Waals surface area (Å²) in [6.07, 6.45) is 3.44. The van der Waals surface area contributed by atoms with Crippen molar-refractivity contribution in [1.29, 1.82) is 0 Å². The zero-order valence-electron chi connectivity index (χ0n) is 11.6. The molecule has 18 heavy (non-hydrogen) atoms. The van der Waals surface area contributed by atoms with E-state index < -0.39 is 9.84 Å². The van der Waals surface area contributed by atoms with E-state index in [1.807, 2.05) is 31.2 Å². The van der Waals surface area contributed by atoms with E-state index in [9.17, 15) is 8.42 Å². The van der Waals surface area contributed by atoms with Crippen LogP contribution in [0.1, 0.15) is 38.8 Å². The average molecular weight is 266 g/mol. The maximum Gasteiger partial charge on any atom is 0.157 e. The summed E-state index contributed by atoms with van der Waals surface area (Å²) in [5.74, 6) is 0.228. The molecule has 2 nitrogen and oxygen atoms in total. The van der Waals surface area contributed by atoms with Crippen molar-refractivity contribution in [1.82, 2.24) is 0 Å². The Morgan fingerprint density at radius 3 is 2.11 bits per heavy atom. The van der Waals surface area contributed by atoms with Crippen LogP contribution < -0.4 is 0 Å². The highest BCUT2D eigenvalue weighted by Gasteiger charge is 2.14. The number of hydrogen-bond donors (Lipinski definition) is 0. The normalized spacial score (nSPS) is 13.1. The summed E-state index contributed by atoms with van der Waals surface area (Å²) in [5, 5.41) is 0. The topological polar surface area (TPSA) is 34.1 Å². The van der Waals surface area contributed by atoms with Crippen LogP contribution in [0.15, 0.2) is 36.4 Å². The van der Waals surface area contributed by atoms with E-state index in [-0.39, 0.29) is 16.9 Å². The van der Waals surface area contributed by atoms with Gasteiger partial charge in [0.05, 0.1) is 11.5 Å². The molecule has 0 atom stereocenters. The summed E-state index contributed by atoms with van der Waals surface area (Å²) in [6, 6.07) is 7.85. The summed E-state index contributed by atoms with van der Waals surface area (Å²) >= 11 is 0. The Balaban J connectivity index is 2.82. The van der Waals surface area contributed by atoms with Crippen molar-refractivity contribution in [2.45, 2.75) is 38.9 Å². The van der Waals surface area contributed by atoms with Gasteiger partial charge in [0, 0.05) is 0 Å². The molecule has 1 aromatic rings. The molecule has 0 fully saturated rings. The molecule has 1 rings (SSSR count). The minimum Gasteiger partial charge on any atom is -0.228 e. The predicted molar refractivity (Wildman–Crippen MR) is 77.4 cm³/mol. The average Bonchev–Trinajstić information content (AvgIpc) is 2.25. The summed E-state index contributed by atoms with van der Waals surface area (Å²) in [6.45, 7) is 8.26. The Hall–Kier alpha value is -1.09. The molecule has 0 saturated heterocycles. The number of allylic oxidation sites excluding steroid dienone is 1. The third-order valence-corrected chi connectivity index (χ3v) is 4.27. The maximum atomic E-state index is 11.8. The molecule has 0 unspecified atom stereocenters. The standard InChI is InChI=1S/C15H22O2S/c1-5-6-11-18(16,17)12-13-7-9-14(10-8-13)15(2,3)4/h5-10H,11-12H2,1-4H3/b6-5+. The van der Waals surface area contributed by atoms with Gasteiger partial charge in [-0.1, -0.05) is 57.2 Å². The zero-order valence-corrected chi connectivity index (χ0v) is 12.4. The van der Waals surface area contributed by atoms with Gasteiger partial charge in [0.25, 0.3) is 0 Å². The first-order valence-corrected chi connectivity index (χ1v) is 7.98. The van der Waals surface area contributed by atoms with E-state index in [2.05, 4.69) is 20.8 Å². The van der Waals surface area contributed by atoms with Crippen LogP contribution in [-0.4, -0.2) is 14.2 Å². The Labute approximate surface area is 111 Å². The van der Waals surface area contributed by atoms with Crippen LogP contribution in [0, 0.1) is 0 Å². The van der Waals surface area contributed by atoms with Gasteiger partial charge in [-0.2, -0.15) is 0 Å². The van der Waals surface area contributed by atoms with Crippen molar-refractivity contribution in [3.05, 3.63) is 47.5 Å². The van der Waals surface area contributed by atoms with Crippen LogP contribution >= 0.6 is 0 Å². The summed E-state index contributed by atoms with van der Waals surface area (Å²) in [4.78, 5) is 0. The molecule has 0 spiro atoms. The molecule has 0 aliphatic carbocycles. The lowest BCUT2D eigenvalue weighted by atomic mass is 9.87. The summed E-state index contributed by atoms with van der Waals surface area (Å²) in [5.41, 5.74) is 2.17. The number of rotatable bonds is 4. The lowest BCUT2D eigenvalue weighted by Gasteiger charge is -2.19. The van der Waals surface area contributed by atoms with Gasteiger partial charge < -0.3 is 0 Å². The van der Waals surface area contributed by atoms with Crippen molar-refractivity contribution in [2.75, 3.05) is 5.75 Å². The Bertz CT molecular complexity index is 502. The first-order valence-electron chi connectivity index (χ1n) is 6.15. The Morgan fingerprint density at radius 2 is 1.67 bits per heavy atom. The second-order valence-corrected chi connectivity index (χ2v) is 7.68. The van der Waals surface area contributed by atoms with E-state index in [0.29, 0.717) is 0 Å². The molecular formula is C15H22O2S. The van der Waals surface area contributed by atoms with Crippen LogP contribution in [0.3, 0.4) is 0 Å². The third-order valence-electron chi connectivity index (χ3n) is 2.79. The van der Waals surface area contributed by atoms with E-state index in [0.717, 1.165) is 5.56 Å². The second kappa shape index (κ2) is 5.70. The molecule has 100 valence electrons. The zero-order chi connectivity index (χ0) is 13.8. The molecule has 0 aromatic heterocycles. The van der Waals surface area contributed by atoms with Crippen LogP contribution in [-0.2, 0) is 21.0 Å². The van der Waals surface area contributed by atoms with Gasteiger partial charge in [-0.3, -0.25) is 0 Å². The number of sulfone groups is 1. The van der Waals surface area contributed by atoms with Crippen molar-refractivity contribution in [3.8, 4) is 0 Å². The molecule has 0 bridgehead atoms. The van der Waals surface area contributed by atoms with Crippen LogP contribution in [0.25, 0.3) is 0 Å². The molecular weight excluding hydrogens is 244 g/mol. The lowest BCUT2D eigenvalue weighted by Crippen LogP contribution is -2.11. The fourth-order valence-electron chi connectivity index (χ4n) is 1.66. The van der Waals surface area contributed by atoms with Gasteiger partial charge in [0.2, 0.25) is 0 Å². The van der Waals surface area contributed by atoms with E-state index in [1.54, 1.807) is 12.2 Å². The van der Waals surface area contributed by atoms with Gasteiger partial charge in [-0.15, -0.1) is 0 Å². The molecule has 0 radical (unpaired) electrons. The highest BCUT2D eigenvalue weighted by molar-refractivity contribution is 7.90. The van der Waals surface area contributed by atoms with Crippen LogP contribution in [0.4, 0.5) is 0 Å². The SMILES string of the molecule is C/C=C/CS(=O)(=O)Cc1ccc(C(C)(C)C)cc1. The first kappa shape index (κ1) is 15.0. The molecule has 0 saturated carbocycles. The molecule has 0 heterocycles. The second-order valence-electron chi connectivity index (χ2n) is 5.57. The summed E-state index contributed by atoms with van der Waals surface area (Å²) < 4.78 is 23.6. The first-order chi connectivity index (χ1) is 8.24. The van der Waals surface area contributed by atoms with E-state index in [1.165, 1.54) is 5.56 Å². The van der Waals surface area contributed by atoms with Gasteiger partial charge in [-0.25, -0.2) is 8.42 Å². The highest BCUT2D eigenvalue weighted by Crippen LogP contribution is 2.22. The molecule has 1 aromatic carbocycles. The third kappa shape index (κ3) is 4.65. The van der Waals surface area contributed by atoms with Crippen molar-refractivity contribution >= 4 is 9.84 Å². The fourth-order valence-corrected chi connectivity index (χ4v) is 2.96. The Morgan fingerprint density at radius 1 is 1.11 bits per heavy atom. The molecule has 0 amide bonds. The molecule has 0 aliphatic rings. The van der Waals surface area contributed by atoms with Crippen molar-refractivity contribution in [3.63, 3.8) is 0 Å². The van der Waals surface area contributed by atoms with Crippen molar-refractivity contribution in [2.24, 2.45) is 0 Å². The smallest absolute Gasteiger partial charge is 0.157 e. The Kier molecular flexibility index (Phi) is 4.74. The molecule has 3 heteroatoms. The minimum absolute atomic E-state index is 0.0996. The number of hydrogen-bond acceptors (Lipinski definition) is 2. The van der Waals surface area contributed by atoms with Gasteiger partial charge >= 0.3 is 0 Å². The van der Waals surface area contributed by atoms with Crippen LogP contribution in [0.2, 0.25) is 0 Å². The minimum atomic E-state index is -3.03. The summed E-state index contributed by atoms with van der Waals surface area (Å²) in [7, 11) is -3.03. The van der Waals surface area contributed by atoms with Crippen LogP contribution in [0.5, 0.6) is 0 Å². The van der Waals surface area contributed by atoms with Gasteiger partial charge in [0.15, 0.2) is 9.84 Å². The fraction of sp³-hybridized carbons (Fsp3) is 0.467. The largest absolute Gasteiger partial charge is 0.228 e.